The zero-order chi connectivity index (χ0) is 18.9. The van der Waals surface area contributed by atoms with Crippen LogP contribution in [0.25, 0.3) is 0 Å². The Kier molecular flexibility index (Phi) is 11.3. The molecule has 0 bridgehead atoms. The van der Waals surface area contributed by atoms with Crippen LogP contribution in [0.4, 0.5) is 13.2 Å². The van der Waals surface area contributed by atoms with Gasteiger partial charge in [-0.15, -0.1) is 24.0 Å². The number of carbonyl (C=O) groups is 1. The molecule has 1 aromatic rings. The van der Waals surface area contributed by atoms with Crippen molar-refractivity contribution in [3.05, 3.63) is 35.4 Å². The van der Waals surface area contributed by atoms with Gasteiger partial charge < -0.3 is 15.5 Å². The Morgan fingerprint density at radius 1 is 1.12 bits per heavy atom. The monoisotopic (exact) mass is 486 g/mol. The van der Waals surface area contributed by atoms with E-state index in [0.717, 1.165) is 5.56 Å². The second kappa shape index (κ2) is 12.0. The van der Waals surface area contributed by atoms with Gasteiger partial charge in [-0.1, -0.05) is 12.1 Å². The molecule has 1 rings (SSSR count). The second-order valence-corrected chi connectivity index (χ2v) is 5.39. The maximum Gasteiger partial charge on any atom is 0.390 e. The summed E-state index contributed by atoms with van der Waals surface area (Å²) in [5, 5.41) is 5.56. The van der Waals surface area contributed by atoms with E-state index in [2.05, 4.69) is 15.6 Å². The summed E-state index contributed by atoms with van der Waals surface area (Å²) < 4.78 is 36.4. The van der Waals surface area contributed by atoms with Crippen LogP contribution in [0.2, 0.25) is 0 Å². The number of nitrogens with zero attached hydrogens (tertiary/aromatic N) is 2. The lowest BCUT2D eigenvalue weighted by atomic mass is 10.1. The van der Waals surface area contributed by atoms with Crippen molar-refractivity contribution in [3.8, 4) is 0 Å². The highest BCUT2D eigenvalue weighted by Crippen LogP contribution is 2.18. The molecule has 0 unspecified atom stereocenters. The first-order chi connectivity index (χ1) is 11.8. The molecular formula is C17H26F3IN4O. The van der Waals surface area contributed by atoms with E-state index in [1.165, 1.54) is 7.05 Å². The highest BCUT2D eigenvalue weighted by Gasteiger charge is 2.26. The highest BCUT2D eigenvalue weighted by atomic mass is 127. The van der Waals surface area contributed by atoms with Crippen molar-refractivity contribution in [1.82, 2.24) is 15.5 Å². The third-order valence-corrected chi connectivity index (χ3v) is 3.64. The molecule has 0 saturated heterocycles. The molecule has 26 heavy (non-hydrogen) atoms. The lowest BCUT2D eigenvalue weighted by Crippen LogP contribution is -2.38. The maximum atomic E-state index is 12.2. The van der Waals surface area contributed by atoms with Crippen molar-refractivity contribution < 1.29 is 18.0 Å². The number of guanidine groups is 1. The number of hydrogen-bond donors (Lipinski definition) is 2. The van der Waals surface area contributed by atoms with Gasteiger partial charge in [0, 0.05) is 38.8 Å². The van der Waals surface area contributed by atoms with Crippen molar-refractivity contribution in [2.45, 2.75) is 33.0 Å². The number of hydrogen-bond acceptors (Lipinski definition) is 2. The standard InChI is InChI=1S/C17H25F3N4O.HI/c1-4-24(5-2)15(25)14-8-6-13(7-9-14)12-23-16(21-3)22-11-10-17(18,19)20;/h6-9H,4-5,10-12H2,1-3H3,(H2,21,22,23);1H. The average molecular weight is 486 g/mol. The normalized spacial score (nSPS) is 11.5. The molecule has 0 aliphatic carbocycles. The second-order valence-electron chi connectivity index (χ2n) is 5.39. The topological polar surface area (TPSA) is 56.7 Å². The summed E-state index contributed by atoms with van der Waals surface area (Å²) in [6.45, 7) is 5.32. The van der Waals surface area contributed by atoms with Crippen molar-refractivity contribution in [2.75, 3.05) is 26.7 Å². The van der Waals surface area contributed by atoms with Gasteiger partial charge in [0.25, 0.3) is 5.91 Å². The van der Waals surface area contributed by atoms with Gasteiger partial charge in [-0.05, 0) is 31.5 Å². The van der Waals surface area contributed by atoms with E-state index in [9.17, 15) is 18.0 Å². The summed E-state index contributed by atoms with van der Waals surface area (Å²) >= 11 is 0. The Labute approximate surface area is 169 Å². The number of benzene rings is 1. The van der Waals surface area contributed by atoms with Gasteiger partial charge in [-0.2, -0.15) is 13.2 Å². The first kappa shape index (κ1) is 24.5. The molecule has 148 valence electrons. The van der Waals surface area contributed by atoms with Crippen LogP contribution in [0.1, 0.15) is 36.2 Å². The number of rotatable bonds is 7. The van der Waals surface area contributed by atoms with Gasteiger partial charge in [0.05, 0.1) is 6.42 Å². The molecule has 0 atom stereocenters. The number of amides is 1. The molecule has 0 saturated carbocycles. The summed E-state index contributed by atoms with van der Waals surface area (Å²) in [4.78, 5) is 17.8. The van der Waals surface area contributed by atoms with Gasteiger partial charge in [0.1, 0.15) is 0 Å². The summed E-state index contributed by atoms with van der Waals surface area (Å²) in [6, 6.07) is 7.12. The molecule has 2 N–H and O–H groups in total. The fraction of sp³-hybridized carbons (Fsp3) is 0.529. The summed E-state index contributed by atoms with van der Waals surface area (Å²) in [5.74, 6) is 0.279. The molecule has 0 spiro atoms. The zero-order valence-electron chi connectivity index (χ0n) is 15.2. The first-order valence-corrected chi connectivity index (χ1v) is 8.20. The predicted octanol–water partition coefficient (Wildman–Crippen LogP) is 3.40. The number of aliphatic imine (C=N–C) groups is 1. The summed E-state index contributed by atoms with van der Waals surface area (Å²) in [7, 11) is 1.49. The van der Waals surface area contributed by atoms with E-state index in [4.69, 9.17) is 0 Å². The first-order valence-electron chi connectivity index (χ1n) is 8.20. The minimum atomic E-state index is -4.20. The van der Waals surface area contributed by atoms with Gasteiger partial charge in [-0.3, -0.25) is 9.79 Å². The van der Waals surface area contributed by atoms with Crippen LogP contribution in [0.3, 0.4) is 0 Å². The number of nitrogens with one attached hydrogen (secondary N) is 2. The molecule has 1 aromatic carbocycles. The van der Waals surface area contributed by atoms with Crippen molar-refractivity contribution in [2.24, 2.45) is 4.99 Å². The van der Waals surface area contributed by atoms with Crippen LogP contribution in [-0.4, -0.2) is 49.6 Å². The van der Waals surface area contributed by atoms with Crippen LogP contribution < -0.4 is 10.6 Å². The Morgan fingerprint density at radius 2 is 1.69 bits per heavy atom. The number of alkyl halides is 3. The molecular weight excluding hydrogens is 460 g/mol. The van der Waals surface area contributed by atoms with Crippen molar-refractivity contribution >= 4 is 35.8 Å². The quantitative estimate of drug-likeness (QED) is 0.353. The fourth-order valence-electron chi connectivity index (χ4n) is 2.19. The molecule has 0 aliphatic heterocycles. The van der Waals surface area contributed by atoms with Gasteiger partial charge in [-0.25, -0.2) is 0 Å². The minimum Gasteiger partial charge on any atom is -0.356 e. The van der Waals surface area contributed by atoms with E-state index in [1.54, 1.807) is 17.0 Å². The van der Waals surface area contributed by atoms with E-state index >= 15 is 0 Å². The molecule has 0 aromatic heterocycles. The Bertz CT molecular complexity index is 572. The van der Waals surface area contributed by atoms with Gasteiger partial charge in [0.15, 0.2) is 5.96 Å². The molecule has 0 fully saturated rings. The third-order valence-electron chi connectivity index (χ3n) is 3.64. The van der Waals surface area contributed by atoms with Gasteiger partial charge in [0.2, 0.25) is 0 Å². The van der Waals surface area contributed by atoms with E-state index in [0.29, 0.717) is 31.2 Å². The van der Waals surface area contributed by atoms with Crippen LogP contribution in [0.15, 0.2) is 29.3 Å². The lowest BCUT2D eigenvalue weighted by molar-refractivity contribution is -0.132. The molecule has 9 heteroatoms. The smallest absolute Gasteiger partial charge is 0.356 e. The fourth-order valence-corrected chi connectivity index (χ4v) is 2.19. The Balaban J connectivity index is 0.00000625. The van der Waals surface area contributed by atoms with E-state index < -0.39 is 12.6 Å². The van der Waals surface area contributed by atoms with Gasteiger partial charge >= 0.3 is 6.18 Å². The van der Waals surface area contributed by atoms with Crippen LogP contribution in [-0.2, 0) is 6.54 Å². The average Bonchev–Trinajstić information content (AvgIpc) is 2.58. The Hall–Kier alpha value is -1.52. The molecule has 1 amide bonds. The molecule has 5 nitrogen and oxygen atoms in total. The predicted molar refractivity (Wildman–Crippen MR) is 108 cm³/mol. The SMILES string of the molecule is CCN(CC)C(=O)c1ccc(CNC(=NC)NCCC(F)(F)F)cc1.I. The third kappa shape index (κ3) is 8.72. The van der Waals surface area contributed by atoms with Crippen LogP contribution in [0.5, 0.6) is 0 Å². The molecule has 0 radical (unpaired) electrons. The lowest BCUT2D eigenvalue weighted by Gasteiger charge is -2.18. The largest absolute Gasteiger partial charge is 0.390 e. The highest BCUT2D eigenvalue weighted by molar-refractivity contribution is 14.0. The van der Waals surface area contributed by atoms with E-state index in [1.807, 2.05) is 26.0 Å². The number of carbonyl (C=O) groups excluding carboxylic acids is 1. The van der Waals surface area contributed by atoms with E-state index in [-0.39, 0.29) is 36.4 Å². The Morgan fingerprint density at radius 3 is 2.15 bits per heavy atom. The molecule has 0 aliphatic rings. The number of halogens is 4. The van der Waals surface area contributed by atoms with Crippen LogP contribution in [0, 0.1) is 0 Å². The maximum absolute atomic E-state index is 12.2. The summed E-state index contributed by atoms with van der Waals surface area (Å²) in [5.41, 5.74) is 1.51. The van der Waals surface area contributed by atoms with Crippen molar-refractivity contribution in [3.63, 3.8) is 0 Å². The molecule has 0 heterocycles. The van der Waals surface area contributed by atoms with Crippen LogP contribution >= 0.6 is 24.0 Å². The summed E-state index contributed by atoms with van der Waals surface area (Å²) in [6.07, 6.45) is -5.12. The minimum absolute atomic E-state index is 0. The van der Waals surface area contributed by atoms with Crippen molar-refractivity contribution in [1.29, 1.82) is 0 Å². The zero-order valence-corrected chi connectivity index (χ0v) is 17.5.